The first-order valence-corrected chi connectivity index (χ1v) is 21.4. The highest BCUT2D eigenvalue weighted by Crippen LogP contribution is 2.46. The van der Waals surface area contributed by atoms with Gasteiger partial charge in [-0.15, -0.1) is 0 Å². The zero-order valence-electron chi connectivity index (χ0n) is 36.3. The predicted molar refractivity (Wildman–Crippen MR) is 229 cm³/mol. The van der Waals surface area contributed by atoms with Crippen LogP contribution in [0.1, 0.15) is 90.3 Å². The summed E-state index contributed by atoms with van der Waals surface area (Å²) in [6.07, 6.45) is 3.18. The van der Waals surface area contributed by atoms with Crippen molar-refractivity contribution in [1.82, 2.24) is 44.9 Å². The maximum absolute atomic E-state index is 15.0. The molecule has 4 amide bonds. The molecular formula is C45H53F2N9O7. The largest absolute Gasteiger partial charge is 0.469 e. The summed E-state index contributed by atoms with van der Waals surface area (Å²) in [5.74, 6) is -2.88. The molecule has 0 bridgehead atoms. The van der Waals surface area contributed by atoms with Crippen LogP contribution in [-0.2, 0) is 19.1 Å². The van der Waals surface area contributed by atoms with E-state index in [0.29, 0.717) is 30.2 Å². The van der Waals surface area contributed by atoms with E-state index >= 15 is 0 Å². The van der Waals surface area contributed by atoms with E-state index in [9.17, 15) is 28.0 Å². The van der Waals surface area contributed by atoms with Gasteiger partial charge in [-0.2, -0.15) is 0 Å². The van der Waals surface area contributed by atoms with Crippen LogP contribution in [-0.4, -0.2) is 104 Å². The minimum atomic E-state index is -3.15. The third-order valence-corrected chi connectivity index (χ3v) is 12.3. The molecule has 16 nitrogen and oxygen atoms in total. The fourth-order valence-corrected chi connectivity index (χ4v) is 9.05. The lowest BCUT2D eigenvalue weighted by Gasteiger charge is -2.30. The molecule has 2 fully saturated rings. The van der Waals surface area contributed by atoms with Crippen molar-refractivity contribution < 1.29 is 42.2 Å². The number of halogens is 2. The van der Waals surface area contributed by atoms with Gasteiger partial charge in [0.1, 0.15) is 29.5 Å². The van der Waals surface area contributed by atoms with Crippen LogP contribution in [0.15, 0.2) is 54.9 Å². The molecule has 5 aromatic rings. The third kappa shape index (κ3) is 8.18. The highest BCUT2D eigenvalue weighted by atomic mass is 19.3. The number of alkyl halides is 2. The van der Waals surface area contributed by atoms with Gasteiger partial charge in [0.15, 0.2) is 6.23 Å². The third-order valence-electron chi connectivity index (χ3n) is 12.3. The molecule has 334 valence electrons. The first-order chi connectivity index (χ1) is 30.1. The van der Waals surface area contributed by atoms with Crippen LogP contribution >= 0.6 is 0 Å². The smallest absolute Gasteiger partial charge is 0.407 e. The van der Waals surface area contributed by atoms with E-state index in [4.69, 9.17) is 14.5 Å². The van der Waals surface area contributed by atoms with Crippen LogP contribution in [0, 0.1) is 11.8 Å². The summed E-state index contributed by atoms with van der Waals surface area (Å²) in [4.78, 5) is 70.1. The number of hydrogen-bond acceptors (Lipinski definition) is 9. The second kappa shape index (κ2) is 17.0. The average Bonchev–Trinajstić information content (AvgIpc) is 4.12. The van der Waals surface area contributed by atoms with Gasteiger partial charge in [0.2, 0.25) is 11.8 Å². The molecule has 6 heterocycles. The molecular weight excluding hydrogens is 817 g/mol. The molecule has 5 unspecified atom stereocenters. The number of likely N-dealkylation sites (tertiary alicyclic amines) is 2. The van der Waals surface area contributed by atoms with Gasteiger partial charge in [0, 0.05) is 41.5 Å². The van der Waals surface area contributed by atoms with Crippen molar-refractivity contribution >= 4 is 34.9 Å². The van der Waals surface area contributed by atoms with Crippen molar-refractivity contribution in [3.8, 4) is 39.5 Å². The minimum Gasteiger partial charge on any atom is -0.469 e. The van der Waals surface area contributed by atoms with Crippen molar-refractivity contribution in [2.45, 2.75) is 96.6 Å². The normalized spacial score (nSPS) is 20.0. The molecule has 0 aliphatic carbocycles. The van der Waals surface area contributed by atoms with Crippen LogP contribution in [0.2, 0.25) is 0 Å². The maximum Gasteiger partial charge on any atom is 0.407 e. The molecule has 8 rings (SSSR count). The van der Waals surface area contributed by atoms with E-state index in [1.54, 1.807) is 31.1 Å². The number of methoxy groups -OCH3 is 2. The van der Waals surface area contributed by atoms with Crippen LogP contribution in [0.5, 0.6) is 5.75 Å². The zero-order chi connectivity index (χ0) is 44.9. The number of aromatic amines is 2. The number of carbonyl (C=O) groups excluding carboxylic acids is 4. The van der Waals surface area contributed by atoms with E-state index in [1.165, 1.54) is 14.2 Å². The van der Waals surface area contributed by atoms with Gasteiger partial charge in [0.05, 0.1) is 67.8 Å². The number of rotatable bonds is 11. The van der Waals surface area contributed by atoms with E-state index in [0.717, 1.165) is 56.7 Å². The number of alkyl carbamates (subject to hydrolysis) is 2. The van der Waals surface area contributed by atoms with Gasteiger partial charge in [-0.05, 0) is 55.0 Å². The lowest BCUT2D eigenvalue weighted by Crippen LogP contribution is -2.51. The van der Waals surface area contributed by atoms with E-state index in [-0.39, 0.29) is 35.8 Å². The van der Waals surface area contributed by atoms with Gasteiger partial charge >= 0.3 is 12.2 Å². The number of benzene rings is 2. The van der Waals surface area contributed by atoms with Crippen molar-refractivity contribution in [2.24, 2.45) is 11.8 Å². The van der Waals surface area contributed by atoms with Gasteiger partial charge in [-0.1, -0.05) is 46.8 Å². The second-order valence-corrected chi connectivity index (χ2v) is 17.2. The van der Waals surface area contributed by atoms with Gasteiger partial charge in [0.25, 0.3) is 5.92 Å². The lowest BCUT2D eigenvalue weighted by molar-refractivity contribution is -0.137. The Morgan fingerprint density at radius 3 is 2.03 bits per heavy atom. The summed E-state index contributed by atoms with van der Waals surface area (Å²) in [6.45, 7) is 9.02. The van der Waals surface area contributed by atoms with Gasteiger partial charge in [-0.25, -0.2) is 28.3 Å². The standard InChI is InChI=1S/C45H53F2N9O7/c1-8-36-56-31-14-12-25(29-20-49-40(51-29)34-19-45(46,47)22-55(34)42(58)38(24(4)5)53-44(60)62-7)16-27(31)17-33(56)28-13-11-26(18-35(28)63-36)30-21-48-39(50-30)32-10-9-15-54(32)41(57)37(23(2)3)52-43(59)61-6/h11-14,16-18,20-21,23-24,32,34,36-38H,8-10,15,19,22H2,1-7H3,(H,48,50)(H,49,51)(H,52,59)(H,53,60). The Kier molecular flexibility index (Phi) is 11.7. The van der Waals surface area contributed by atoms with Crippen molar-refractivity contribution in [3.63, 3.8) is 0 Å². The molecule has 2 saturated heterocycles. The summed E-state index contributed by atoms with van der Waals surface area (Å²) < 4.78 is 48.2. The van der Waals surface area contributed by atoms with Crippen LogP contribution in [0.3, 0.4) is 0 Å². The molecule has 0 radical (unpaired) electrons. The molecule has 0 spiro atoms. The number of fused-ring (bicyclic) bond motifs is 5. The van der Waals surface area contributed by atoms with E-state index < -0.39 is 55.1 Å². The number of imidazole rings is 2. The summed E-state index contributed by atoms with van der Waals surface area (Å²) >= 11 is 0. The fourth-order valence-electron chi connectivity index (χ4n) is 9.05. The van der Waals surface area contributed by atoms with Crippen LogP contribution in [0.4, 0.5) is 18.4 Å². The Balaban J connectivity index is 1.04. The molecule has 4 N–H and O–H groups in total. The van der Waals surface area contributed by atoms with Crippen LogP contribution < -0.4 is 15.4 Å². The summed E-state index contributed by atoms with van der Waals surface area (Å²) in [7, 11) is 2.45. The minimum absolute atomic E-state index is 0.144. The Bertz CT molecular complexity index is 2550. The van der Waals surface area contributed by atoms with Crippen molar-refractivity contribution in [2.75, 3.05) is 27.3 Å². The molecule has 63 heavy (non-hydrogen) atoms. The SMILES string of the molecule is CCC1Oc2cc(-c3cnc(C4CCCN4C(=O)C(NC(=O)OC)C(C)C)[nH]3)ccc2-c2cc3cc(-c4cnc(C5CC(F)(F)CN5C(=O)C(NC(=O)OC)C(C)C)[nH]4)ccc3n21. The number of amides is 4. The Labute approximate surface area is 363 Å². The molecule has 3 aliphatic rings. The highest BCUT2D eigenvalue weighted by molar-refractivity contribution is 5.92. The van der Waals surface area contributed by atoms with E-state index in [2.05, 4.69) is 47.9 Å². The zero-order valence-corrected chi connectivity index (χ0v) is 36.3. The number of aromatic nitrogens is 5. The Morgan fingerprint density at radius 2 is 1.43 bits per heavy atom. The Hall–Kier alpha value is -6.46. The van der Waals surface area contributed by atoms with Crippen molar-refractivity contribution in [3.05, 3.63) is 66.5 Å². The maximum atomic E-state index is 15.0. The average molecular weight is 870 g/mol. The topological polar surface area (TPSA) is 189 Å². The first-order valence-electron chi connectivity index (χ1n) is 21.4. The van der Waals surface area contributed by atoms with E-state index in [1.807, 2.05) is 50.2 Å². The Morgan fingerprint density at radius 1 is 0.841 bits per heavy atom. The first kappa shape index (κ1) is 43.2. The van der Waals surface area contributed by atoms with Crippen LogP contribution in [0.25, 0.3) is 44.7 Å². The second-order valence-electron chi connectivity index (χ2n) is 17.2. The monoisotopic (exact) mass is 869 g/mol. The van der Waals surface area contributed by atoms with Gasteiger partial charge < -0.3 is 49.2 Å². The fraction of sp³-hybridized carbons (Fsp3) is 0.467. The number of ether oxygens (including phenoxy) is 3. The number of nitrogens with zero attached hydrogens (tertiary/aromatic N) is 5. The quantitative estimate of drug-likeness (QED) is 0.103. The number of hydrogen-bond donors (Lipinski definition) is 4. The number of carbonyl (C=O) groups is 4. The van der Waals surface area contributed by atoms with Gasteiger partial charge in [-0.3, -0.25) is 9.59 Å². The molecule has 18 heteroatoms. The molecule has 3 aliphatic heterocycles. The molecule has 2 aromatic carbocycles. The molecule has 0 saturated carbocycles. The number of H-pyrrole nitrogens is 2. The predicted octanol–water partition coefficient (Wildman–Crippen LogP) is 7.72. The number of nitrogens with one attached hydrogen (secondary N) is 4. The molecule has 3 aromatic heterocycles. The summed E-state index contributed by atoms with van der Waals surface area (Å²) in [5.41, 5.74) is 5.85. The van der Waals surface area contributed by atoms with Crippen molar-refractivity contribution in [1.29, 1.82) is 0 Å². The lowest BCUT2D eigenvalue weighted by atomic mass is 10.0. The summed E-state index contributed by atoms with van der Waals surface area (Å²) in [6, 6.07) is 11.0. The molecule has 5 atom stereocenters. The highest BCUT2D eigenvalue weighted by Gasteiger charge is 2.50. The summed E-state index contributed by atoms with van der Waals surface area (Å²) in [5, 5.41) is 6.12.